The molecule has 1 N–H and O–H groups in total. The lowest BCUT2D eigenvalue weighted by atomic mass is 10.0. The van der Waals surface area contributed by atoms with Gasteiger partial charge in [-0.1, -0.05) is 50.9 Å². The van der Waals surface area contributed by atoms with Crippen LogP contribution in [0.5, 0.6) is 0 Å². The van der Waals surface area contributed by atoms with Gasteiger partial charge < -0.3 is 5.32 Å². The molecule has 0 aliphatic carbocycles. The average Bonchev–Trinajstić information content (AvgIpc) is 2.39. The molecule has 100 valence electrons. The summed E-state index contributed by atoms with van der Waals surface area (Å²) < 4.78 is 3.25. The number of rotatable bonds is 4. The number of anilines is 1. The van der Waals surface area contributed by atoms with Gasteiger partial charge in [-0.25, -0.2) is 0 Å². The van der Waals surface area contributed by atoms with Crippen molar-refractivity contribution in [3.8, 4) is 0 Å². The van der Waals surface area contributed by atoms with Gasteiger partial charge >= 0.3 is 0 Å². The number of nitrogens with one attached hydrogen (secondary N) is 1. The maximum atomic E-state index is 3.59. The van der Waals surface area contributed by atoms with E-state index in [1.807, 2.05) is 6.07 Å². The molecule has 0 fully saturated rings. The molecule has 0 aliphatic heterocycles. The third-order valence-electron chi connectivity index (χ3n) is 2.94. The van der Waals surface area contributed by atoms with Crippen LogP contribution >= 0.6 is 47.8 Å². The molecular formula is C15H14Br3N. The van der Waals surface area contributed by atoms with E-state index >= 15 is 0 Å². The van der Waals surface area contributed by atoms with Crippen molar-refractivity contribution < 1.29 is 0 Å². The standard InChI is InChI=1S/C15H14Br3N/c1-2-14(10-3-5-11(16)6-4-10)19-15-8-7-12(17)9-13(15)18/h3-9,14,19H,2H2,1H3. The second kappa shape index (κ2) is 6.91. The van der Waals surface area contributed by atoms with Gasteiger partial charge in [0.05, 0.1) is 6.04 Å². The molecular weight excluding hydrogens is 434 g/mol. The Kier molecular flexibility index (Phi) is 5.48. The summed E-state index contributed by atoms with van der Waals surface area (Å²) in [7, 11) is 0. The van der Waals surface area contributed by atoms with E-state index in [0.717, 1.165) is 25.5 Å². The summed E-state index contributed by atoms with van der Waals surface area (Å²) in [6.45, 7) is 2.19. The minimum atomic E-state index is 0.311. The molecule has 1 unspecified atom stereocenters. The molecule has 19 heavy (non-hydrogen) atoms. The zero-order chi connectivity index (χ0) is 13.8. The van der Waals surface area contributed by atoms with Crippen LogP contribution in [0, 0.1) is 0 Å². The van der Waals surface area contributed by atoms with Gasteiger partial charge in [0.1, 0.15) is 0 Å². The third kappa shape index (κ3) is 4.07. The minimum absolute atomic E-state index is 0.311. The predicted octanol–water partition coefficient (Wildman–Crippen LogP) is 6.54. The maximum absolute atomic E-state index is 3.59. The molecule has 0 bridgehead atoms. The van der Waals surface area contributed by atoms with Crippen molar-refractivity contribution in [2.75, 3.05) is 5.32 Å². The first-order valence-electron chi connectivity index (χ1n) is 6.07. The molecule has 4 heteroatoms. The Hall–Kier alpha value is -0.320. The minimum Gasteiger partial charge on any atom is -0.377 e. The SMILES string of the molecule is CCC(Nc1ccc(Br)cc1Br)c1ccc(Br)cc1. The summed E-state index contributed by atoms with van der Waals surface area (Å²) in [4.78, 5) is 0. The lowest BCUT2D eigenvalue weighted by Crippen LogP contribution is -2.09. The highest BCUT2D eigenvalue weighted by Gasteiger charge is 2.10. The number of hydrogen-bond donors (Lipinski definition) is 1. The fraction of sp³-hybridized carbons (Fsp3) is 0.200. The van der Waals surface area contributed by atoms with Crippen molar-refractivity contribution in [3.63, 3.8) is 0 Å². The Morgan fingerprint density at radius 2 is 1.58 bits per heavy atom. The van der Waals surface area contributed by atoms with Gasteiger partial charge in [0, 0.05) is 19.1 Å². The van der Waals surface area contributed by atoms with Gasteiger partial charge in [-0.15, -0.1) is 0 Å². The van der Waals surface area contributed by atoms with Gasteiger partial charge in [0.25, 0.3) is 0 Å². The zero-order valence-electron chi connectivity index (χ0n) is 10.5. The summed E-state index contributed by atoms with van der Waals surface area (Å²) >= 11 is 10.5. The van der Waals surface area contributed by atoms with Crippen molar-refractivity contribution in [2.24, 2.45) is 0 Å². The third-order valence-corrected chi connectivity index (χ3v) is 4.62. The van der Waals surface area contributed by atoms with Crippen LogP contribution in [0.25, 0.3) is 0 Å². The fourth-order valence-corrected chi connectivity index (χ4v) is 3.34. The molecule has 2 aromatic rings. The number of halogens is 3. The molecule has 0 aromatic heterocycles. The van der Waals surface area contributed by atoms with Crippen LogP contribution < -0.4 is 5.32 Å². The van der Waals surface area contributed by atoms with Crippen LogP contribution in [0.15, 0.2) is 55.9 Å². The first-order valence-corrected chi connectivity index (χ1v) is 8.45. The highest BCUT2D eigenvalue weighted by atomic mass is 79.9. The Labute approximate surface area is 139 Å². The van der Waals surface area contributed by atoms with E-state index in [0.29, 0.717) is 6.04 Å². The first kappa shape index (κ1) is 15.1. The molecule has 1 nitrogen and oxygen atoms in total. The molecule has 0 aliphatic rings. The van der Waals surface area contributed by atoms with Crippen LogP contribution in [0.2, 0.25) is 0 Å². The van der Waals surface area contributed by atoms with Gasteiger partial charge in [-0.05, 0) is 58.2 Å². The van der Waals surface area contributed by atoms with Crippen molar-refractivity contribution in [2.45, 2.75) is 19.4 Å². The maximum Gasteiger partial charge on any atom is 0.0511 e. The van der Waals surface area contributed by atoms with Gasteiger partial charge in [0.15, 0.2) is 0 Å². The lowest BCUT2D eigenvalue weighted by Gasteiger charge is -2.20. The van der Waals surface area contributed by atoms with Crippen LogP contribution in [0.4, 0.5) is 5.69 Å². The van der Waals surface area contributed by atoms with Crippen LogP contribution in [-0.4, -0.2) is 0 Å². The monoisotopic (exact) mass is 445 g/mol. The highest BCUT2D eigenvalue weighted by molar-refractivity contribution is 9.11. The van der Waals surface area contributed by atoms with Gasteiger partial charge in [0.2, 0.25) is 0 Å². The molecule has 0 saturated heterocycles. The molecule has 0 saturated carbocycles. The van der Waals surface area contributed by atoms with Crippen molar-refractivity contribution in [1.29, 1.82) is 0 Å². The molecule has 0 spiro atoms. The topological polar surface area (TPSA) is 12.0 Å². The number of benzene rings is 2. The summed E-state index contributed by atoms with van der Waals surface area (Å²) in [6.07, 6.45) is 1.03. The van der Waals surface area contributed by atoms with E-state index in [-0.39, 0.29) is 0 Å². The second-order valence-electron chi connectivity index (χ2n) is 4.28. The van der Waals surface area contributed by atoms with E-state index in [2.05, 4.69) is 96.4 Å². The zero-order valence-corrected chi connectivity index (χ0v) is 15.2. The van der Waals surface area contributed by atoms with E-state index in [1.165, 1.54) is 5.56 Å². The van der Waals surface area contributed by atoms with Crippen LogP contribution in [0.3, 0.4) is 0 Å². The smallest absolute Gasteiger partial charge is 0.0511 e. The predicted molar refractivity (Wildman–Crippen MR) is 92.6 cm³/mol. The van der Waals surface area contributed by atoms with Crippen LogP contribution in [0.1, 0.15) is 24.9 Å². The van der Waals surface area contributed by atoms with Crippen molar-refractivity contribution >= 4 is 53.5 Å². The number of hydrogen-bond acceptors (Lipinski definition) is 1. The largest absolute Gasteiger partial charge is 0.377 e. The Morgan fingerprint density at radius 3 is 2.16 bits per heavy atom. The molecule has 0 amide bonds. The lowest BCUT2D eigenvalue weighted by molar-refractivity contribution is 0.748. The van der Waals surface area contributed by atoms with Gasteiger partial charge in [-0.3, -0.25) is 0 Å². The second-order valence-corrected chi connectivity index (χ2v) is 6.97. The first-order chi connectivity index (χ1) is 9.10. The van der Waals surface area contributed by atoms with E-state index in [1.54, 1.807) is 0 Å². The normalized spacial score (nSPS) is 12.2. The summed E-state index contributed by atoms with van der Waals surface area (Å²) in [5, 5.41) is 3.58. The quantitative estimate of drug-likeness (QED) is 0.561. The van der Waals surface area contributed by atoms with E-state index < -0.39 is 0 Å². The molecule has 0 radical (unpaired) electrons. The fourth-order valence-electron chi connectivity index (χ4n) is 1.91. The molecule has 1 atom stereocenters. The molecule has 2 aromatic carbocycles. The van der Waals surface area contributed by atoms with Crippen molar-refractivity contribution in [3.05, 3.63) is 61.4 Å². The Morgan fingerprint density at radius 1 is 0.947 bits per heavy atom. The Balaban J connectivity index is 2.21. The van der Waals surface area contributed by atoms with Gasteiger partial charge in [-0.2, -0.15) is 0 Å². The Bertz CT molecular complexity index is 552. The average molecular weight is 448 g/mol. The highest BCUT2D eigenvalue weighted by Crippen LogP contribution is 2.30. The van der Waals surface area contributed by atoms with Crippen LogP contribution in [-0.2, 0) is 0 Å². The summed E-state index contributed by atoms with van der Waals surface area (Å²) in [6, 6.07) is 14.9. The summed E-state index contributed by atoms with van der Waals surface area (Å²) in [5.74, 6) is 0. The summed E-state index contributed by atoms with van der Waals surface area (Å²) in [5.41, 5.74) is 2.40. The molecule has 0 heterocycles. The van der Waals surface area contributed by atoms with E-state index in [9.17, 15) is 0 Å². The molecule has 2 rings (SSSR count). The van der Waals surface area contributed by atoms with E-state index in [4.69, 9.17) is 0 Å². The van der Waals surface area contributed by atoms with Crippen molar-refractivity contribution in [1.82, 2.24) is 0 Å².